The third-order valence-corrected chi connectivity index (χ3v) is 4.55. The lowest BCUT2D eigenvalue weighted by atomic mass is 9.82. The molecule has 116 valence electrons. The van der Waals surface area contributed by atoms with Crippen LogP contribution in [0.25, 0.3) is 11.0 Å². The summed E-state index contributed by atoms with van der Waals surface area (Å²) in [6, 6.07) is 6.75. The molecule has 5 nitrogen and oxygen atoms in total. The van der Waals surface area contributed by atoms with Crippen molar-refractivity contribution < 1.29 is 19.4 Å². The molecule has 1 aliphatic rings. The van der Waals surface area contributed by atoms with Crippen LogP contribution < -0.4 is 5.63 Å². The molecule has 1 atom stereocenters. The van der Waals surface area contributed by atoms with Gasteiger partial charge in [-0.05, 0) is 30.9 Å². The molecule has 0 radical (unpaired) electrons. The summed E-state index contributed by atoms with van der Waals surface area (Å²) < 4.78 is 5.29. The van der Waals surface area contributed by atoms with Crippen LogP contribution in [-0.4, -0.2) is 16.2 Å². The van der Waals surface area contributed by atoms with Crippen molar-refractivity contribution in [1.29, 1.82) is 0 Å². The van der Waals surface area contributed by atoms with Gasteiger partial charge in [0.2, 0.25) is 0 Å². The summed E-state index contributed by atoms with van der Waals surface area (Å²) >= 11 is 0. The third-order valence-electron chi connectivity index (χ3n) is 4.55. The first-order valence-corrected chi connectivity index (χ1v) is 7.54. The van der Waals surface area contributed by atoms with Gasteiger partial charge < -0.3 is 14.6 Å². The average Bonchev–Trinajstić information content (AvgIpc) is 3.00. The highest BCUT2D eigenvalue weighted by Crippen LogP contribution is 2.42. The Morgan fingerprint density at radius 3 is 2.64 bits per heavy atom. The SMILES string of the molecule is O=C(O)CC(c1c(O)c2ccccc2oc1=O)C1CCCC1. The van der Waals surface area contributed by atoms with Crippen molar-refractivity contribution in [2.24, 2.45) is 5.92 Å². The Hall–Kier alpha value is -2.30. The minimum Gasteiger partial charge on any atom is -0.507 e. The number of carboxylic acids is 1. The number of benzene rings is 1. The number of hydrogen-bond donors (Lipinski definition) is 2. The first kappa shape index (κ1) is 14.6. The summed E-state index contributed by atoms with van der Waals surface area (Å²) in [5.41, 5.74) is -0.198. The van der Waals surface area contributed by atoms with Gasteiger partial charge in [-0.15, -0.1) is 0 Å². The van der Waals surface area contributed by atoms with Crippen LogP contribution in [-0.2, 0) is 4.79 Å². The summed E-state index contributed by atoms with van der Waals surface area (Å²) in [5, 5.41) is 20.2. The number of para-hydroxylation sites is 1. The molecule has 22 heavy (non-hydrogen) atoms. The van der Waals surface area contributed by atoms with Gasteiger partial charge in [-0.25, -0.2) is 4.79 Å². The van der Waals surface area contributed by atoms with Crippen molar-refractivity contribution in [3.63, 3.8) is 0 Å². The molecule has 1 aromatic heterocycles. The van der Waals surface area contributed by atoms with Crippen LogP contribution in [0.4, 0.5) is 0 Å². The molecule has 3 rings (SSSR count). The van der Waals surface area contributed by atoms with Crippen molar-refractivity contribution in [3.8, 4) is 5.75 Å². The van der Waals surface area contributed by atoms with Crippen LogP contribution in [0.1, 0.15) is 43.6 Å². The topological polar surface area (TPSA) is 87.7 Å². The second kappa shape index (κ2) is 5.83. The minimum atomic E-state index is -0.969. The van der Waals surface area contributed by atoms with Gasteiger partial charge in [0.25, 0.3) is 0 Å². The van der Waals surface area contributed by atoms with E-state index in [4.69, 9.17) is 4.42 Å². The Morgan fingerprint density at radius 1 is 1.27 bits per heavy atom. The fraction of sp³-hybridized carbons (Fsp3) is 0.412. The van der Waals surface area contributed by atoms with Gasteiger partial charge in [0.15, 0.2) is 0 Å². The molecule has 0 spiro atoms. The molecule has 2 aromatic rings. The molecule has 0 aliphatic heterocycles. The molecular formula is C17H18O5. The van der Waals surface area contributed by atoms with Gasteiger partial charge in [0.1, 0.15) is 11.3 Å². The Bertz CT molecular complexity index is 755. The number of hydrogen-bond acceptors (Lipinski definition) is 4. The largest absolute Gasteiger partial charge is 0.507 e. The van der Waals surface area contributed by atoms with Crippen LogP contribution in [0.15, 0.2) is 33.5 Å². The van der Waals surface area contributed by atoms with Crippen molar-refractivity contribution in [1.82, 2.24) is 0 Å². The highest BCUT2D eigenvalue weighted by Gasteiger charge is 2.33. The van der Waals surface area contributed by atoms with E-state index in [0.29, 0.717) is 11.0 Å². The van der Waals surface area contributed by atoms with Crippen molar-refractivity contribution in [2.45, 2.75) is 38.0 Å². The van der Waals surface area contributed by atoms with Gasteiger partial charge in [-0.3, -0.25) is 4.79 Å². The van der Waals surface area contributed by atoms with E-state index in [9.17, 15) is 19.8 Å². The smallest absolute Gasteiger partial charge is 0.343 e. The normalized spacial score (nSPS) is 16.9. The lowest BCUT2D eigenvalue weighted by molar-refractivity contribution is -0.137. The van der Waals surface area contributed by atoms with Crippen molar-refractivity contribution in [2.75, 3.05) is 0 Å². The van der Waals surface area contributed by atoms with Crippen molar-refractivity contribution in [3.05, 3.63) is 40.2 Å². The van der Waals surface area contributed by atoms with Gasteiger partial charge in [0, 0.05) is 5.92 Å². The van der Waals surface area contributed by atoms with Crippen LogP contribution in [0.2, 0.25) is 0 Å². The van der Waals surface area contributed by atoms with Crippen LogP contribution >= 0.6 is 0 Å². The number of carboxylic acid groups (broad SMARTS) is 1. The fourth-order valence-corrected chi connectivity index (χ4v) is 3.53. The monoisotopic (exact) mass is 302 g/mol. The van der Waals surface area contributed by atoms with E-state index in [0.717, 1.165) is 25.7 Å². The second-order valence-electron chi connectivity index (χ2n) is 5.90. The maximum atomic E-state index is 12.3. The first-order chi connectivity index (χ1) is 10.6. The predicted octanol–water partition coefficient (Wildman–Crippen LogP) is 3.25. The summed E-state index contributed by atoms with van der Waals surface area (Å²) in [6.45, 7) is 0. The highest BCUT2D eigenvalue weighted by atomic mass is 16.4. The lowest BCUT2D eigenvalue weighted by Gasteiger charge is -2.22. The van der Waals surface area contributed by atoms with Crippen LogP contribution in [0.3, 0.4) is 0 Å². The zero-order valence-electron chi connectivity index (χ0n) is 12.1. The summed E-state index contributed by atoms with van der Waals surface area (Å²) in [5.74, 6) is -1.50. The third kappa shape index (κ3) is 2.58. The van der Waals surface area contributed by atoms with Crippen molar-refractivity contribution >= 4 is 16.9 Å². The number of fused-ring (bicyclic) bond motifs is 1. The molecule has 0 amide bonds. The molecule has 2 N–H and O–H groups in total. The first-order valence-electron chi connectivity index (χ1n) is 7.54. The van der Waals surface area contributed by atoms with E-state index in [1.54, 1.807) is 24.3 Å². The maximum Gasteiger partial charge on any atom is 0.343 e. The molecule has 1 aromatic carbocycles. The zero-order chi connectivity index (χ0) is 15.7. The molecule has 1 fully saturated rings. The molecule has 0 saturated heterocycles. The Kier molecular flexibility index (Phi) is 3.88. The standard InChI is InChI=1S/C17H18O5/c18-14(19)9-12(10-5-1-2-6-10)15-16(20)11-7-3-4-8-13(11)22-17(15)21/h3-4,7-8,10,12,20H,1-2,5-6,9H2,(H,18,19). The number of aromatic hydroxyl groups is 1. The second-order valence-corrected chi connectivity index (χ2v) is 5.90. The van der Waals surface area contributed by atoms with Gasteiger partial charge in [-0.1, -0.05) is 25.0 Å². The molecule has 5 heteroatoms. The Morgan fingerprint density at radius 2 is 1.95 bits per heavy atom. The van der Waals surface area contributed by atoms with Gasteiger partial charge in [0.05, 0.1) is 17.4 Å². The quantitative estimate of drug-likeness (QED) is 0.846. The lowest BCUT2D eigenvalue weighted by Crippen LogP contribution is -2.21. The molecule has 0 bridgehead atoms. The summed E-state index contributed by atoms with van der Waals surface area (Å²) in [6.07, 6.45) is 3.65. The molecule has 1 heterocycles. The highest BCUT2D eigenvalue weighted by molar-refractivity contribution is 5.84. The van der Waals surface area contributed by atoms with E-state index in [1.165, 1.54) is 0 Å². The zero-order valence-corrected chi connectivity index (χ0v) is 12.1. The average molecular weight is 302 g/mol. The van der Waals surface area contributed by atoms with E-state index >= 15 is 0 Å². The number of rotatable bonds is 4. The Balaban J connectivity index is 2.16. The van der Waals surface area contributed by atoms with E-state index in [-0.39, 0.29) is 23.7 Å². The molecular weight excluding hydrogens is 284 g/mol. The Labute approximate surface area is 127 Å². The van der Waals surface area contributed by atoms with E-state index in [1.807, 2.05) is 0 Å². The minimum absolute atomic E-state index is 0.103. The van der Waals surface area contributed by atoms with Gasteiger partial charge >= 0.3 is 11.6 Å². The van der Waals surface area contributed by atoms with Gasteiger partial charge in [-0.2, -0.15) is 0 Å². The maximum absolute atomic E-state index is 12.3. The molecule has 1 unspecified atom stereocenters. The summed E-state index contributed by atoms with van der Waals surface area (Å²) in [7, 11) is 0. The summed E-state index contributed by atoms with van der Waals surface area (Å²) in [4.78, 5) is 23.5. The van der Waals surface area contributed by atoms with Crippen LogP contribution in [0, 0.1) is 5.92 Å². The fourth-order valence-electron chi connectivity index (χ4n) is 3.53. The van der Waals surface area contributed by atoms with Crippen LogP contribution in [0.5, 0.6) is 5.75 Å². The predicted molar refractivity (Wildman–Crippen MR) is 81.1 cm³/mol. The molecule has 1 saturated carbocycles. The molecule has 1 aliphatic carbocycles. The number of carbonyl (C=O) groups is 1. The number of aliphatic carboxylic acids is 1. The van der Waals surface area contributed by atoms with E-state index < -0.39 is 17.5 Å². The van der Waals surface area contributed by atoms with E-state index in [2.05, 4.69) is 0 Å².